The van der Waals surface area contributed by atoms with E-state index in [1.165, 1.54) is 31.3 Å². The van der Waals surface area contributed by atoms with Crippen LogP contribution in [-0.4, -0.2) is 42.9 Å². The van der Waals surface area contributed by atoms with Crippen LogP contribution in [0.2, 0.25) is 0 Å². The second-order valence-electron chi connectivity index (χ2n) is 8.40. The molecule has 1 aliphatic heterocycles. The molecule has 1 N–H and O–H groups in total. The summed E-state index contributed by atoms with van der Waals surface area (Å²) in [5.74, 6) is 0.0625. The van der Waals surface area contributed by atoms with Gasteiger partial charge in [0.2, 0.25) is 6.41 Å². The van der Waals surface area contributed by atoms with E-state index in [0.29, 0.717) is 42.1 Å². The summed E-state index contributed by atoms with van der Waals surface area (Å²) in [5.41, 5.74) is 3.13. The maximum Gasteiger partial charge on any atom is 0.435 e. The van der Waals surface area contributed by atoms with Crippen LogP contribution in [0.5, 0.6) is 5.75 Å². The van der Waals surface area contributed by atoms with E-state index in [0.717, 1.165) is 21.4 Å². The fraction of sp³-hybridized carbons (Fsp3) is 0.320. The Morgan fingerprint density at radius 1 is 1.25 bits per heavy atom. The highest BCUT2D eigenvalue weighted by Crippen LogP contribution is 2.33. The first-order chi connectivity index (χ1) is 17.1. The number of hydrogen-bond acceptors (Lipinski definition) is 6. The van der Waals surface area contributed by atoms with E-state index in [4.69, 9.17) is 9.47 Å². The Morgan fingerprint density at radius 3 is 2.72 bits per heavy atom. The molecule has 190 valence electrons. The third kappa shape index (κ3) is 4.92. The SMILES string of the molecule is COc1ccc(-n2cc(CNCCc3ccc4c(c3C)COC4=O)c(C(F)(F)F)n2)cc1N(C)C=O. The van der Waals surface area contributed by atoms with Crippen LogP contribution in [-0.2, 0) is 35.3 Å². The maximum atomic E-state index is 13.7. The van der Waals surface area contributed by atoms with Gasteiger partial charge in [-0.25, -0.2) is 9.48 Å². The van der Waals surface area contributed by atoms with E-state index in [1.807, 2.05) is 13.0 Å². The monoisotopic (exact) mass is 502 g/mol. The molecule has 0 bridgehead atoms. The number of anilines is 1. The van der Waals surface area contributed by atoms with E-state index >= 15 is 0 Å². The normalized spacial score (nSPS) is 12.9. The number of halogens is 3. The number of fused-ring (bicyclic) bond motifs is 1. The Bertz CT molecular complexity index is 1300. The van der Waals surface area contributed by atoms with Crippen molar-refractivity contribution in [1.82, 2.24) is 15.1 Å². The molecule has 2 aromatic carbocycles. The number of carbonyl (C=O) groups excluding carboxylic acids is 2. The highest BCUT2D eigenvalue weighted by atomic mass is 19.4. The number of esters is 1. The minimum Gasteiger partial charge on any atom is -0.495 e. The fourth-order valence-corrected chi connectivity index (χ4v) is 4.18. The van der Waals surface area contributed by atoms with Crippen molar-refractivity contribution in [2.75, 3.05) is 25.6 Å². The number of aromatic nitrogens is 2. The van der Waals surface area contributed by atoms with Gasteiger partial charge < -0.3 is 19.7 Å². The average Bonchev–Trinajstić information content (AvgIpc) is 3.46. The van der Waals surface area contributed by atoms with Crippen LogP contribution in [0.4, 0.5) is 18.9 Å². The van der Waals surface area contributed by atoms with E-state index in [-0.39, 0.29) is 24.7 Å². The van der Waals surface area contributed by atoms with E-state index in [9.17, 15) is 22.8 Å². The smallest absolute Gasteiger partial charge is 0.435 e. The fourth-order valence-electron chi connectivity index (χ4n) is 4.18. The van der Waals surface area contributed by atoms with E-state index in [1.54, 1.807) is 18.2 Å². The van der Waals surface area contributed by atoms with Gasteiger partial charge in [-0.2, -0.15) is 18.3 Å². The Kier molecular flexibility index (Phi) is 7.02. The zero-order chi connectivity index (χ0) is 26.0. The summed E-state index contributed by atoms with van der Waals surface area (Å²) >= 11 is 0. The molecule has 8 nitrogen and oxygen atoms in total. The third-order valence-corrected chi connectivity index (χ3v) is 6.19. The number of rotatable bonds is 9. The Hall–Kier alpha value is -3.86. The van der Waals surface area contributed by atoms with Gasteiger partial charge in [0.1, 0.15) is 12.4 Å². The van der Waals surface area contributed by atoms with Crippen molar-refractivity contribution in [3.63, 3.8) is 0 Å². The Morgan fingerprint density at radius 2 is 2.03 bits per heavy atom. The molecule has 0 saturated heterocycles. The largest absolute Gasteiger partial charge is 0.495 e. The zero-order valence-electron chi connectivity index (χ0n) is 20.0. The topological polar surface area (TPSA) is 85.7 Å². The summed E-state index contributed by atoms with van der Waals surface area (Å²) < 4.78 is 52.6. The quantitative estimate of drug-likeness (QED) is 0.272. The molecule has 3 aromatic rings. The minimum absolute atomic E-state index is 0.00622. The molecule has 0 fully saturated rings. The maximum absolute atomic E-state index is 13.7. The van der Waals surface area contributed by atoms with Crippen LogP contribution in [0.15, 0.2) is 36.5 Å². The Labute approximate surface area is 205 Å². The number of alkyl halides is 3. The van der Waals surface area contributed by atoms with Gasteiger partial charge in [-0.15, -0.1) is 0 Å². The molecule has 1 amide bonds. The molecule has 1 aromatic heterocycles. The molecule has 1 aliphatic rings. The minimum atomic E-state index is -4.64. The van der Waals surface area contributed by atoms with Crippen LogP contribution in [0, 0.1) is 6.92 Å². The Balaban J connectivity index is 1.51. The molecule has 2 heterocycles. The summed E-state index contributed by atoms with van der Waals surface area (Å²) in [5, 5.41) is 6.85. The number of hydrogen-bond donors (Lipinski definition) is 1. The summed E-state index contributed by atoms with van der Waals surface area (Å²) in [6.45, 7) is 2.53. The highest BCUT2D eigenvalue weighted by Gasteiger charge is 2.37. The number of methoxy groups -OCH3 is 1. The second-order valence-corrected chi connectivity index (χ2v) is 8.40. The van der Waals surface area contributed by atoms with Crippen molar-refractivity contribution < 1.29 is 32.2 Å². The van der Waals surface area contributed by atoms with Crippen LogP contribution in [0.3, 0.4) is 0 Å². The molecule has 11 heteroatoms. The lowest BCUT2D eigenvalue weighted by Crippen LogP contribution is -2.19. The van der Waals surface area contributed by atoms with Crippen LogP contribution >= 0.6 is 0 Å². The first-order valence-corrected chi connectivity index (χ1v) is 11.2. The lowest BCUT2D eigenvalue weighted by Gasteiger charge is -2.16. The number of carbonyl (C=O) groups is 2. The third-order valence-electron chi connectivity index (χ3n) is 6.19. The number of nitrogens with zero attached hydrogens (tertiary/aromatic N) is 3. The molecule has 4 rings (SSSR count). The van der Waals surface area contributed by atoms with E-state index in [2.05, 4.69) is 10.4 Å². The zero-order valence-corrected chi connectivity index (χ0v) is 20.0. The van der Waals surface area contributed by atoms with E-state index < -0.39 is 11.9 Å². The lowest BCUT2D eigenvalue weighted by molar-refractivity contribution is -0.142. The average molecular weight is 502 g/mol. The van der Waals surface area contributed by atoms with Crippen LogP contribution < -0.4 is 15.0 Å². The van der Waals surface area contributed by atoms with Gasteiger partial charge in [-0.1, -0.05) is 6.07 Å². The van der Waals surface area contributed by atoms with Crippen molar-refractivity contribution >= 4 is 18.1 Å². The molecule has 0 unspecified atom stereocenters. The predicted octanol–water partition coefficient (Wildman–Crippen LogP) is 3.80. The molecule has 0 aliphatic carbocycles. The number of ether oxygens (including phenoxy) is 2. The van der Waals surface area contributed by atoms with Gasteiger partial charge in [-0.3, -0.25) is 4.79 Å². The molecule has 0 radical (unpaired) electrons. The standard InChI is InChI=1S/C25H25F3N4O4/c1-15-16(4-6-19-20(15)13-36-24(19)34)8-9-29-11-17-12-32(30-23(17)25(26,27)28)18-5-7-22(35-3)21(10-18)31(2)14-33/h4-7,10,12,14,29H,8-9,11,13H2,1-3H3. The van der Waals surface area contributed by atoms with Crippen LogP contribution in [0.25, 0.3) is 5.69 Å². The first-order valence-electron chi connectivity index (χ1n) is 11.2. The van der Waals surface area contributed by atoms with Crippen molar-refractivity contribution in [1.29, 1.82) is 0 Å². The summed E-state index contributed by atoms with van der Waals surface area (Å²) in [4.78, 5) is 24.2. The number of benzene rings is 2. The number of amides is 1. The van der Waals surface area contributed by atoms with Gasteiger partial charge in [0, 0.05) is 30.9 Å². The van der Waals surface area contributed by atoms with Gasteiger partial charge in [0.25, 0.3) is 0 Å². The lowest BCUT2D eigenvalue weighted by atomic mass is 9.97. The molecular formula is C25H25F3N4O4. The predicted molar refractivity (Wildman–Crippen MR) is 125 cm³/mol. The second kappa shape index (κ2) is 10.0. The molecule has 0 atom stereocenters. The van der Waals surface area contributed by atoms with Crippen LogP contribution in [0.1, 0.15) is 38.3 Å². The van der Waals surface area contributed by atoms with Gasteiger partial charge in [0.05, 0.1) is 24.0 Å². The van der Waals surface area contributed by atoms with Crippen molar-refractivity contribution in [3.8, 4) is 11.4 Å². The summed E-state index contributed by atoms with van der Waals surface area (Å²) in [7, 11) is 2.95. The van der Waals surface area contributed by atoms with Crippen molar-refractivity contribution in [2.24, 2.45) is 0 Å². The van der Waals surface area contributed by atoms with Gasteiger partial charge in [-0.05, 0) is 55.3 Å². The first kappa shape index (κ1) is 25.2. The number of nitrogens with one attached hydrogen (secondary N) is 1. The van der Waals surface area contributed by atoms with Crippen molar-refractivity contribution in [3.05, 3.63) is 70.0 Å². The molecule has 36 heavy (non-hydrogen) atoms. The van der Waals surface area contributed by atoms with Crippen molar-refractivity contribution in [2.45, 2.75) is 32.7 Å². The molecular weight excluding hydrogens is 477 g/mol. The number of cyclic esters (lactones) is 1. The van der Waals surface area contributed by atoms with Gasteiger partial charge in [0.15, 0.2) is 5.69 Å². The molecule has 0 saturated carbocycles. The molecule has 0 spiro atoms. The highest BCUT2D eigenvalue weighted by molar-refractivity contribution is 5.93. The summed E-state index contributed by atoms with van der Waals surface area (Å²) in [6.07, 6.45) is -2.16. The summed E-state index contributed by atoms with van der Waals surface area (Å²) in [6, 6.07) is 8.23. The van der Waals surface area contributed by atoms with Gasteiger partial charge >= 0.3 is 12.1 Å².